The van der Waals surface area contributed by atoms with Gasteiger partial charge in [-0.1, -0.05) is 97.2 Å². The molecule has 1 fully saturated rings. The lowest BCUT2D eigenvalue weighted by molar-refractivity contribution is -0.763. The number of halogens is 5. The molecule has 2 amide bonds. The summed E-state index contributed by atoms with van der Waals surface area (Å²) < 4.78 is 39.2. The summed E-state index contributed by atoms with van der Waals surface area (Å²) in [6.07, 6.45) is 2.00. The highest BCUT2D eigenvalue weighted by molar-refractivity contribution is 6.42. The molecule has 1 heterocycles. The summed E-state index contributed by atoms with van der Waals surface area (Å²) in [5, 5.41) is 10.1. The second-order valence-corrected chi connectivity index (χ2v) is 15.5. The van der Waals surface area contributed by atoms with Crippen LogP contribution in [0.4, 0.5) is 13.6 Å². The van der Waals surface area contributed by atoms with E-state index in [9.17, 15) is 28.5 Å². The molecule has 0 bridgehead atoms. The minimum Gasteiger partial charge on any atom is -0.489 e. The highest BCUT2D eigenvalue weighted by Gasteiger charge is 2.43. The lowest BCUT2D eigenvalue weighted by Gasteiger charge is -2.42. The van der Waals surface area contributed by atoms with Crippen LogP contribution in [0.3, 0.4) is 0 Å². The van der Waals surface area contributed by atoms with Crippen LogP contribution in [0.1, 0.15) is 55.4 Å². The largest absolute Gasteiger partial charge is 0.489 e. The molecule has 2 aliphatic rings. The molecule has 0 radical (unpaired) electrons. The Morgan fingerprint density at radius 1 is 0.946 bits per heavy atom. The number of carbonyl (C=O) groups is 2. The van der Waals surface area contributed by atoms with Gasteiger partial charge in [0.05, 0.1) is 23.2 Å². The molecule has 10 nitrogen and oxygen atoms in total. The lowest BCUT2D eigenvalue weighted by atomic mass is 9.74. The second-order valence-electron chi connectivity index (χ2n) is 14.3. The van der Waals surface area contributed by atoms with E-state index in [1.54, 1.807) is 35.2 Å². The summed E-state index contributed by atoms with van der Waals surface area (Å²) in [5.74, 6) is -1.91. The number of amides is 2. The molecule has 1 aliphatic heterocycles. The third-order valence-electron chi connectivity index (χ3n) is 9.59. The van der Waals surface area contributed by atoms with Crippen LogP contribution in [0.2, 0.25) is 15.1 Å². The molecule has 0 unspecified atom stereocenters. The van der Waals surface area contributed by atoms with Crippen LogP contribution in [0, 0.1) is 27.2 Å². The Bertz CT molecular complexity index is 2160. The van der Waals surface area contributed by atoms with Crippen molar-refractivity contribution in [1.29, 1.82) is 0 Å². The minimum absolute atomic E-state index is 0.0267. The number of aryl methyl sites for hydroxylation is 1. The average molecular weight is 829 g/mol. The molecule has 0 atom stereocenters. The van der Waals surface area contributed by atoms with Crippen molar-refractivity contribution in [2.75, 3.05) is 19.7 Å². The highest BCUT2D eigenvalue weighted by atomic mass is 35.5. The maximum atomic E-state index is 14.8. The standard InChI is InChI=1S/C41H38Cl3F2N3O7/c1-41(2)24-47(40(51)56-30-9-3-6-26(20-30)23-55-49(52)53)22-31(39(50)48(29-15-16-29)21-28-8-4-10-32(42)36(28)43)35(41)27-13-11-25(12-14-27)7-5-19-54-38-34(46)18-17-33(45)37(38)44/h3-4,6,8-14,17-18,20,29H,5,7,15-16,19,21-24H2,1-2H3. The maximum Gasteiger partial charge on any atom is 0.415 e. The molecule has 0 saturated heterocycles. The van der Waals surface area contributed by atoms with Gasteiger partial charge in [-0.2, -0.15) is 0 Å². The molecule has 6 rings (SSSR count). The Labute approximate surface area is 337 Å². The second kappa shape index (κ2) is 17.5. The smallest absolute Gasteiger partial charge is 0.415 e. The zero-order chi connectivity index (χ0) is 40.1. The summed E-state index contributed by atoms with van der Waals surface area (Å²) in [7, 11) is 0. The lowest BCUT2D eigenvalue weighted by Crippen LogP contribution is -2.49. The number of carbonyl (C=O) groups excluding carboxylic acids is 2. The van der Waals surface area contributed by atoms with E-state index in [0.29, 0.717) is 39.6 Å². The van der Waals surface area contributed by atoms with Crippen LogP contribution < -0.4 is 9.47 Å². The number of hydrogen-bond donors (Lipinski definition) is 0. The van der Waals surface area contributed by atoms with Gasteiger partial charge in [-0.3, -0.25) is 4.79 Å². The van der Waals surface area contributed by atoms with E-state index in [2.05, 4.69) is 4.84 Å². The maximum absolute atomic E-state index is 14.8. The third-order valence-corrected chi connectivity index (χ3v) is 10.8. The molecule has 4 aromatic rings. The molecular formula is C41H38Cl3F2N3O7. The Kier molecular flexibility index (Phi) is 12.7. The zero-order valence-electron chi connectivity index (χ0n) is 30.5. The van der Waals surface area contributed by atoms with Crippen molar-refractivity contribution in [1.82, 2.24) is 9.80 Å². The normalized spacial score (nSPS) is 15.0. The first-order chi connectivity index (χ1) is 26.7. The molecule has 15 heteroatoms. The third kappa shape index (κ3) is 9.72. The fourth-order valence-electron chi connectivity index (χ4n) is 6.86. The molecule has 1 saturated carbocycles. The summed E-state index contributed by atoms with van der Waals surface area (Å²) in [6.45, 7) is 4.09. The van der Waals surface area contributed by atoms with Crippen LogP contribution in [-0.4, -0.2) is 52.6 Å². The predicted octanol–water partition coefficient (Wildman–Crippen LogP) is 10.1. The summed E-state index contributed by atoms with van der Waals surface area (Å²) in [6, 6.07) is 21.2. The number of hydrogen-bond acceptors (Lipinski definition) is 7. The van der Waals surface area contributed by atoms with Crippen molar-refractivity contribution < 1.29 is 37.8 Å². The van der Waals surface area contributed by atoms with Crippen molar-refractivity contribution in [2.45, 2.75) is 58.7 Å². The molecule has 0 spiro atoms. The summed E-state index contributed by atoms with van der Waals surface area (Å²) in [4.78, 5) is 47.1. The first kappa shape index (κ1) is 40.7. The van der Waals surface area contributed by atoms with Gasteiger partial charge in [-0.05, 0) is 83.8 Å². The number of benzene rings is 4. The van der Waals surface area contributed by atoms with Crippen LogP contribution in [0.5, 0.6) is 11.5 Å². The van der Waals surface area contributed by atoms with E-state index in [-0.39, 0.29) is 56.3 Å². The van der Waals surface area contributed by atoms with E-state index in [0.717, 1.165) is 41.7 Å². The molecule has 1 aliphatic carbocycles. The summed E-state index contributed by atoms with van der Waals surface area (Å²) >= 11 is 18.8. The average Bonchev–Trinajstić information content (AvgIpc) is 4.01. The van der Waals surface area contributed by atoms with E-state index in [4.69, 9.17) is 44.3 Å². The SMILES string of the molecule is CC1(C)CN(C(=O)Oc2cccc(CO[N+](=O)[O-])c2)CC(C(=O)N(Cc2cccc(Cl)c2Cl)C2CC2)=C1c1ccc(CCCOc2c(F)ccc(F)c2Cl)cc1. The molecule has 294 valence electrons. The number of ether oxygens (including phenoxy) is 2. The van der Waals surface area contributed by atoms with Gasteiger partial charge in [0.1, 0.15) is 23.2 Å². The first-order valence-corrected chi connectivity index (χ1v) is 19.0. The monoisotopic (exact) mass is 827 g/mol. The van der Waals surface area contributed by atoms with Crippen molar-refractivity contribution in [3.8, 4) is 11.5 Å². The van der Waals surface area contributed by atoms with E-state index >= 15 is 0 Å². The van der Waals surface area contributed by atoms with Crippen LogP contribution in [0.15, 0.2) is 84.4 Å². The van der Waals surface area contributed by atoms with Gasteiger partial charge < -0.3 is 24.1 Å². The topological polar surface area (TPSA) is 111 Å². The van der Waals surface area contributed by atoms with E-state index < -0.39 is 33.3 Å². The van der Waals surface area contributed by atoms with Crippen molar-refractivity contribution >= 4 is 52.4 Å². The van der Waals surface area contributed by atoms with Gasteiger partial charge in [-0.25, -0.2) is 13.6 Å². The Morgan fingerprint density at radius 2 is 1.66 bits per heavy atom. The molecule has 0 N–H and O–H groups in total. The van der Waals surface area contributed by atoms with Gasteiger partial charge in [0.25, 0.3) is 11.0 Å². The van der Waals surface area contributed by atoms with Crippen LogP contribution in [0.25, 0.3) is 5.57 Å². The van der Waals surface area contributed by atoms with Gasteiger partial charge in [0, 0.05) is 30.1 Å². The fourth-order valence-corrected chi connectivity index (χ4v) is 7.45. The first-order valence-electron chi connectivity index (χ1n) is 17.9. The Balaban J connectivity index is 1.27. The quantitative estimate of drug-likeness (QED) is 0.0539. The number of nitrogens with zero attached hydrogens (tertiary/aromatic N) is 3. The Hall–Kier alpha value is -4.91. The number of rotatable bonds is 14. The molecular weight excluding hydrogens is 791 g/mol. The van der Waals surface area contributed by atoms with Crippen molar-refractivity contribution in [3.63, 3.8) is 0 Å². The van der Waals surface area contributed by atoms with Gasteiger partial charge >= 0.3 is 6.09 Å². The Morgan fingerprint density at radius 3 is 2.38 bits per heavy atom. The molecule has 4 aromatic carbocycles. The minimum atomic E-state index is -0.901. The van der Waals surface area contributed by atoms with Crippen LogP contribution >= 0.6 is 34.8 Å². The van der Waals surface area contributed by atoms with Crippen molar-refractivity contribution in [3.05, 3.63) is 144 Å². The predicted molar refractivity (Wildman–Crippen MR) is 208 cm³/mol. The van der Waals surface area contributed by atoms with Crippen molar-refractivity contribution in [2.24, 2.45) is 5.41 Å². The van der Waals surface area contributed by atoms with Gasteiger partial charge in [0.15, 0.2) is 11.6 Å². The highest BCUT2D eigenvalue weighted by Crippen LogP contribution is 2.44. The van der Waals surface area contributed by atoms with Gasteiger partial charge in [0.2, 0.25) is 0 Å². The van der Waals surface area contributed by atoms with Gasteiger partial charge in [-0.15, -0.1) is 10.1 Å². The molecule has 0 aromatic heterocycles. The molecule has 56 heavy (non-hydrogen) atoms. The zero-order valence-corrected chi connectivity index (χ0v) is 32.8. The fraction of sp³-hybridized carbons (Fsp3) is 0.317. The summed E-state index contributed by atoms with van der Waals surface area (Å²) in [5.41, 5.74) is 3.35. The van der Waals surface area contributed by atoms with E-state index in [1.165, 1.54) is 11.0 Å². The van der Waals surface area contributed by atoms with Crippen LogP contribution in [-0.2, 0) is 29.2 Å². The van der Waals surface area contributed by atoms with E-state index in [1.807, 2.05) is 44.2 Å².